The smallest absolute Gasteiger partial charge is 0.254 e. The first-order valence-corrected chi connectivity index (χ1v) is 15.6. The van der Waals surface area contributed by atoms with Crippen LogP contribution in [0.1, 0.15) is 37.1 Å². The molecule has 0 amide bonds. The molecule has 1 aromatic carbocycles. The number of hydrogen-bond donors (Lipinski definition) is 0. The van der Waals surface area contributed by atoms with E-state index in [-0.39, 0.29) is 11.9 Å². The van der Waals surface area contributed by atoms with Crippen molar-refractivity contribution < 1.29 is 12.8 Å². The number of rotatable bonds is 7. The Kier molecular flexibility index (Phi) is 7.25. The van der Waals surface area contributed by atoms with Gasteiger partial charge in [-0.25, -0.2) is 22.8 Å². The summed E-state index contributed by atoms with van der Waals surface area (Å²) in [5.41, 5.74) is 2.06. The van der Waals surface area contributed by atoms with Gasteiger partial charge in [-0.05, 0) is 44.0 Å². The largest absolute Gasteiger partial charge is 0.345 e. The van der Waals surface area contributed by atoms with Crippen LogP contribution in [0.15, 0.2) is 47.2 Å². The van der Waals surface area contributed by atoms with Crippen LogP contribution in [0.3, 0.4) is 0 Å². The average molecular weight is 560 g/mol. The Labute approximate surface area is 227 Å². The number of benzene rings is 1. The lowest BCUT2D eigenvalue weighted by Crippen LogP contribution is -2.50. The van der Waals surface area contributed by atoms with E-state index < -0.39 is 10.0 Å². The van der Waals surface area contributed by atoms with Gasteiger partial charge in [-0.3, -0.25) is 9.80 Å². The number of fused-ring (bicyclic) bond motifs is 1. The van der Waals surface area contributed by atoms with Crippen LogP contribution >= 0.6 is 11.3 Å². The molecule has 6 rings (SSSR count). The van der Waals surface area contributed by atoms with Crippen molar-refractivity contribution in [3.05, 3.63) is 60.1 Å². The van der Waals surface area contributed by atoms with Gasteiger partial charge >= 0.3 is 0 Å². The Morgan fingerprint density at radius 3 is 2.63 bits per heavy atom. The Balaban J connectivity index is 1.06. The summed E-state index contributed by atoms with van der Waals surface area (Å²) in [5.74, 6) is -0.249. The van der Waals surface area contributed by atoms with Crippen molar-refractivity contribution in [1.29, 1.82) is 0 Å². The van der Waals surface area contributed by atoms with Gasteiger partial charge in [0.15, 0.2) is 9.34 Å². The molecule has 3 aromatic rings. The maximum Gasteiger partial charge on any atom is 0.254 e. The molecule has 9 nitrogen and oxygen atoms in total. The molecule has 3 fully saturated rings. The summed E-state index contributed by atoms with van der Waals surface area (Å²) >= 11 is 1.30. The van der Waals surface area contributed by atoms with Crippen molar-refractivity contribution in [2.45, 2.75) is 42.6 Å². The summed E-state index contributed by atoms with van der Waals surface area (Å²) in [6, 6.07) is 7.13. The zero-order valence-corrected chi connectivity index (χ0v) is 23.2. The number of halogens is 1. The van der Waals surface area contributed by atoms with Crippen molar-refractivity contribution in [2.24, 2.45) is 0 Å². The van der Waals surface area contributed by atoms with Crippen molar-refractivity contribution in [3.8, 4) is 0 Å². The molecule has 3 saturated heterocycles. The van der Waals surface area contributed by atoms with Crippen molar-refractivity contribution in [1.82, 2.24) is 28.6 Å². The number of thiazole rings is 1. The zero-order valence-electron chi connectivity index (χ0n) is 21.6. The molecule has 0 aliphatic carbocycles. The second-order valence-corrected chi connectivity index (χ2v) is 13.6. The van der Waals surface area contributed by atoms with E-state index in [2.05, 4.69) is 36.2 Å². The van der Waals surface area contributed by atoms with Gasteiger partial charge in [0, 0.05) is 64.6 Å². The maximum atomic E-state index is 13.4. The molecule has 1 unspecified atom stereocenters. The summed E-state index contributed by atoms with van der Waals surface area (Å²) < 4.78 is 44.2. The summed E-state index contributed by atoms with van der Waals surface area (Å²) in [4.78, 5) is 15.9. The topological polar surface area (TPSA) is 77.8 Å². The first kappa shape index (κ1) is 25.9. The molecule has 0 spiro atoms. The van der Waals surface area contributed by atoms with Crippen LogP contribution in [0.25, 0.3) is 0 Å². The summed E-state index contributed by atoms with van der Waals surface area (Å²) in [6.07, 6.45) is 7.66. The van der Waals surface area contributed by atoms with Gasteiger partial charge < -0.3 is 9.47 Å². The predicted octanol–water partition coefficient (Wildman–Crippen LogP) is 2.88. The molecule has 0 N–H and O–H groups in total. The first-order valence-electron chi connectivity index (χ1n) is 13.3. The van der Waals surface area contributed by atoms with Gasteiger partial charge in [-0.1, -0.05) is 23.5 Å². The van der Waals surface area contributed by atoms with Crippen molar-refractivity contribution >= 4 is 26.5 Å². The molecule has 204 valence electrons. The van der Waals surface area contributed by atoms with E-state index in [4.69, 9.17) is 0 Å². The van der Waals surface area contributed by atoms with Gasteiger partial charge in [0.25, 0.3) is 10.0 Å². The summed E-state index contributed by atoms with van der Waals surface area (Å²) in [5, 5.41) is 0.817. The first-order chi connectivity index (χ1) is 18.4. The normalized spacial score (nSPS) is 22.6. The monoisotopic (exact) mass is 559 g/mol. The summed E-state index contributed by atoms with van der Waals surface area (Å²) in [7, 11) is -3.57. The van der Waals surface area contributed by atoms with Crippen LogP contribution in [0.4, 0.5) is 9.52 Å². The van der Waals surface area contributed by atoms with E-state index in [9.17, 15) is 12.8 Å². The molecule has 3 aliphatic heterocycles. The number of imidazole rings is 1. The molecule has 2 aromatic heterocycles. The van der Waals surface area contributed by atoms with E-state index in [0.29, 0.717) is 43.0 Å². The minimum atomic E-state index is -3.57. The number of nitrogens with zero attached hydrogens (tertiary/aromatic N) is 7. The molecule has 3 aliphatic rings. The number of sulfonamides is 1. The number of aromatic nitrogens is 3. The van der Waals surface area contributed by atoms with E-state index in [1.165, 1.54) is 49.1 Å². The third-order valence-corrected chi connectivity index (χ3v) is 11.6. The van der Waals surface area contributed by atoms with Gasteiger partial charge in [-0.15, -0.1) is 0 Å². The molecule has 12 heteroatoms. The van der Waals surface area contributed by atoms with E-state index >= 15 is 0 Å². The fraction of sp³-hybridized carbons (Fsp3) is 0.538. The van der Waals surface area contributed by atoms with E-state index in [1.807, 2.05) is 6.20 Å². The Bertz CT molecular complexity index is 1350. The van der Waals surface area contributed by atoms with Gasteiger partial charge in [0.1, 0.15) is 5.82 Å². The van der Waals surface area contributed by atoms with Gasteiger partial charge in [0.05, 0.1) is 24.3 Å². The highest BCUT2D eigenvalue weighted by Gasteiger charge is 2.34. The van der Waals surface area contributed by atoms with Crippen molar-refractivity contribution in [3.63, 3.8) is 0 Å². The average Bonchev–Trinajstić information content (AvgIpc) is 3.70. The van der Waals surface area contributed by atoms with Crippen molar-refractivity contribution in [2.75, 3.05) is 57.3 Å². The fourth-order valence-corrected chi connectivity index (χ4v) is 8.60. The lowest BCUT2D eigenvalue weighted by molar-refractivity contribution is 0.178. The van der Waals surface area contributed by atoms with Crippen LogP contribution in [0.2, 0.25) is 0 Å². The highest BCUT2D eigenvalue weighted by Crippen LogP contribution is 2.32. The lowest BCUT2D eigenvalue weighted by Gasteiger charge is -2.37. The van der Waals surface area contributed by atoms with Crippen LogP contribution < -0.4 is 4.90 Å². The molecular weight excluding hydrogens is 525 g/mol. The molecule has 38 heavy (non-hydrogen) atoms. The fourth-order valence-electron chi connectivity index (χ4n) is 5.87. The minimum absolute atomic E-state index is 0.0203. The van der Waals surface area contributed by atoms with Crippen LogP contribution in [-0.4, -0.2) is 95.5 Å². The number of piperazine rings is 2. The standard InChI is InChI=1S/C26H34FN7O2S2/c1-20(21-4-6-22(27)7-5-21)34-19-28-15-24(34)17-30-9-13-33(14-10-30)38(35,36)25-16-29-26(37-25)32-12-11-31-8-2-3-23(31)18-32/h4-7,15-16,19-20,23H,2-3,8-14,17-18H2,1H3/t20?,23-/m0/s1. The maximum absolute atomic E-state index is 13.4. The lowest BCUT2D eigenvalue weighted by atomic mass is 10.1. The molecular formula is C26H34FN7O2S2. The van der Waals surface area contributed by atoms with Gasteiger partial charge in [0.2, 0.25) is 0 Å². The molecule has 0 saturated carbocycles. The number of hydrogen-bond acceptors (Lipinski definition) is 8. The molecule has 0 bridgehead atoms. The highest BCUT2D eigenvalue weighted by atomic mass is 32.2. The van der Waals surface area contributed by atoms with Crippen LogP contribution in [0, 0.1) is 5.82 Å². The molecule has 5 heterocycles. The summed E-state index contributed by atoms with van der Waals surface area (Å²) in [6.45, 7) is 8.95. The highest BCUT2D eigenvalue weighted by molar-refractivity contribution is 7.91. The third kappa shape index (κ3) is 5.12. The van der Waals surface area contributed by atoms with Crippen LogP contribution in [0.5, 0.6) is 0 Å². The molecule has 2 atom stereocenters. The minimum Gasteiger partial charge on any atom is -0.345 e. The van der Waals surface area contributed by atoms with Gasteiger partial charge in [-0.2, -0.15) is 4.31 Å². The number of anilines is 1. The van der Waals surface area contributed by atoms with Crippen LogP contribution in [-0.2, 0) is 16.6 Å². The Morgan fingerprint density at radius 2 is 1.84 bits per heavy atom. The predicted molar refractivity (Wildman–Crippen MR) is 145 cm³/mol. The Morgan fingerprint density at radius 1 is 1.05 bits per heavy atom. The zero-order chi connectivity index (χ0) is 26.3. The quantitative estimate of drug-likeness (QED) is 0.441. The Hall–Kier alpha value is -2.38. The van der Waals surface area contributed by atoms with E-state index in [1.54, 1.807) is 22.8 Å². The second kappa shape index (κ2) is 10.6. The molecule has 0 radical (unpaired) electrons. The second-order valence-electron chi connectivity index (χ2n) is 10.4. The third-order valence-electron chi connectivity index (χ3n) is 8.16. The SMILES string of the molecule is CC(c1ccc(F)cc1)n1cncc1CN1CCN(S(=O)(=O)c2cnc(N3CCN4CCC[C@H]4C3)s2)CC1. The van der Waals surface area contributed by atoms with E-state index in [0.717, 1.165) is 36.0 Å².